The Morgan fingerprint density at radius 1 is 1.16 bits per heavy atom. The van der Waals surface area contributed by atoms with Crippen LogP contribution in [0.4, 0.5) is 5.69 Å². The van der Waals surface area contributed by atoms with Gasteiger partial charge in [0.15, 0.2) is 5.96 Å². The predicted octanol–water partition coefficient (Wildman–Crippen LogP) is 0.644. The Labute approximate surface area is 192 Å². The van der Waals surface area contributed by atoms with E-state index in [2.05, 4.69) is 42.5 Å². The average Bonchev–Trinajstić information content (AvgIpc) is 2.84. The minimum absolute atomic E-state index is 0.00470. The van der Waals surface area contributed by atoms with Gasteiger partial charge in [0.1, 0.15) is 6.54 Å². The number of piperidine rings is 1. The largest absolute Gasteiger partial charge is 0.379 e. The van der Waals surface area contributed by atoms with Crippen molar-refractivity contribution in [2.75, 3.05) is 84.6 Å². The SMILES string of the molecule is CN(C)C(=O)CN=C(NCCCN1CCOCC1)NCC1CCN(c2ccncc2)CC1. The monoisotopic (exact) mass is 445 g/mol. The molecule has 2 saturated heterocycles. The number of morpholine rings is 1. The maximum absolute atomic E-state index is 12.0. The number of carbonyl (C=O) groups is 1. The molecule has 2 aliphatic rings. The molecule has 3 heterocycles. The van der Waals surface area contributed by atoms with E-state index < -0.39 is 0 Å². The first kappa shape index (κ1) is 24.3. The molecular weight excluding hydrogens is 406 g/mol. The summed E-state index contributed by atoms with van der Waals surface area (Å²) < 4.78 is 5.41. The maximum atomic E-state index is 12.0. The second-order valence-corrected chi connectivity index (χ2v) is 8.70. The highest BCUT2D eigenvalue weighted by molar-refractivity contribution is 5.84. The average molecular weight is 446 g/mol. The Kier molecular flexibility index (Phi) is 10.0. The topological polar surface area (TPSA) is 85.3 Å². The third-order valence-electron chi connectivity index (χ3n) is 6.12. The van der Waals surface area contributed by atoms with Crippen molar-refractivity contribution in [1.82, 2.24) is 25.4 Å². The second-order valence-electron chi connectivity index (χ2n) is 8.70. The number of ether oxygens (including phenoxy) is 1. The Bertz CT molecular complexity index is 700. The van der Waals surface area contributed by atoms with Crippen molar-refractivity contribution < 1.29 is 9.53 Å². The Hall–Kier alpha value is -2.39. The number of carbonyl (C=O) groups excluding carboxylic acids is 1. The van der Waals surface area contributed by atoms with Crippen molar-refractivity contribution >= 4 is 17.6 Å². The van der Waals surface area contributed by atoms with Crippen molar-refractivity contribution in [1.29, 1.82) is 0 Å². The molecule has 0 bridgehead atoms. The van der Waals surface area contributed by atoms with Gasteiger partial charge in [-0.05, 0) is 43.9 Å². The van der Waals surface area contributed by atoms with E-state index in [1.807, 2.05) is 12.4 Å². The summed E-state index contributed by atoms with van der Waals surface area (Å²) in [7, 11) is 3.52. The molecule has 2 N–H and O–H groups in total. The number of guanidine groups is 1. The third kappa shape index (κ3) is 8.27. The first-order valence-corrected chi connectivity index (χ1v) is 11.8. The summed E-state index contributed by atoms with van der Waals surface area (Å²) in [6, 6.07) is 4.15. The predicted molar refractivity (Wildman–Crippen MR) is 128 cm³/mol. The van der Waals surface area contributed by atoms with Crippen LogP contribution in [0.2, 0.25) is 0 Å². The van der Waals surface area contributed by atoms with Crippen LogP contribution in [0.5, 0.6) is 0 Å². The zero-order valence-corrected chi connectivity index (χ0v) is 19.6. The molecule has 178 valence electrons. The molecule has 1 aromatic rings. The van der Waals surface area contributed by atoms with Crippen molar-refractivity contribution in [3.8, 4) is 0 Å². The summed E-state index contributed by atoms with van der Waals surface area (Å²) in [6.45, 7) is 8.69. The number of aromatic nitrogens is 1. The molecule has 1 amide bonds. The molecule has 0 atom stereocenters. The van der Waals surface area contributed by atoms with E-state index in [0.717, 1.165) is 84.2 Å². The first-order chi connectivity index (χ1) is 15.6. The molecule has 0 unspecified atom stereocenters. The lowest BCUT2D eigenvalue weighted by atomic mass is 9.96. The number of pyridine rings is 1. The zero-order chi connectivity index (χ0) is 22.6. The van der Waals surface area contributed by atoms with E-state index in [9.17, 15) is 4.79 Å². The van der Waals surface area contributed by atoms with Crippen LogP contribution in [0.3, 0.4) is 0 Å². The van der Waals surface area contributed by atoms with Gasteiger partial charge in [0.05, 0.1) is 13.2 Å². The smallest absolute Gasteiger partial charge is 0.243 e. The molecule has 9 heteroatoms. The van der Waals surface area contributed by atoms with Crippen LogP contribution in [0, 0.1) is 5.92 Å². The van der Waals surface area contributed by atoms with Gasteiger partial charge in [-0.1, -0.05) is 0 Å². The normalized spacial score (nSPS) is 18.4. The van der Waals surface area contributed by atoms with E-state index >= 15 is 0 Å². The highest BCUT2D eigenvalue weighted by Gasteiger charge is 2.20. The fraction of sp³-hybridized carbons (Fsp3) is 0.696. The van der Waals surface area contributed by atoms with Gasteiger partial charge in [-0.15, -0.1) is 0 Å². The molecule has 0 aliphatic carbocycles. The minimum atomic E-state index is 0.00470. The highest BCUT2D eigenvalue weighted by atomic mass is 16.5. The van der Waals surface area contributed by atoms with Crippen molar-refractivity contribution in [2.24, 2.45) is 10.9 Å². The minimum Gasteiger partial charge on any atom is -0.379 e. The number of aliphatic imine (C=N–C) groups is 1. The zero-order valence-electron chi connectivity index (χ0n) is 19.6. The van der Waals surface area contributed by atoms with E-state index in [0.29, 0.717) is 5.92 Å². The Morgan fingerprint density at radius 3 is 2.56 bits per heavy atom. The van der Waals surface area contributed by atoms with Crippen LogP contribution in [0.25, 0.3) is 0 Å². The number of amides is 1. The summed E-state index contributed by atoms with van der Waals surface area (Å²) in [6.07, 6.45) is 7.01. The van der Waals surface area contributed by atoms with E-state index in [-0.39, 0.29) is 12.5 Å². The third-order valence-corrected chi connectivity index (χ3v) is 6.12. The molecule has 32 heavy (non-hydrogen) atoms. The molecular formula is C23H39N7O2. The Morgan fingerprint density at radius 2 is 1.88 bits per heavy atom. The molecule has 0 spiro atoms. The van der Waals surface area contributed by atoms with Crippen molar-refractivity contribution in [3.05, 3.63) is 24.5 Å². The lowest BCUT2D eigenvalue weighted by molar-refractivity contribution is -0.127. The van der Waals surface area contributed by atoms with Gasteiger partial charge in [-0.2, -0.15) is 0 Å². The van der Waals surface area contributed by atoms with Gasteiger partial charge in [0.25, 0.3) is 0 Å². The molecule has 9 nitrogen and oxygen atoms in total. The lowest BCUT2D eigenvalue weighted by Gasteiger charge is -2.33. The lowest BCUT2D eigenvalue weighted by Crippen LogP contribution is -2.44. The fourth-order valence-electron chi connectivity index (χ4n) is 3.99. The molecule has 0 radical (unpaired) electrons. The number of hydrogen-bond acceptors (Lipinski definition) is 6. The molecule has 3 rings (SSSR count). The highest BCUT2D eigenvalue weighted by Crippen LogP contribution is 2.22. The van der Waals surface area contributed by atoms with Crippen LogP contribution >= 0.6 is 0 Å². The van der Waals surface area contributed by atoms with E-state index in [1.54, 1.807) is 19.0 Å². The van der Waals surface area contributed by atoms with E-state index in [4.69, 9.17) is 4.74 Å². The Balaban J connectivity index is 1.42. The van der Waals surface area contributed by atoms with Gasteiger partial charge >= 0.3 is 0 Å². The number of anilines is 1. The summed E-state index contributed by atoms with van der Waals surface area (Å²) in [4.78, 5) is 27.1. The summed E-state index contributed by atoms with van der Waals surface area (Å²) in [5, 5.41) is 6.90. The van der Waals surface area contributed by atoms with Crippen LogP contribution in [0.1, 0.15) is 19.3 Å². The van der Waals surface area contributed by atoms with Crippen molar-refractivity contribution in [3.63, 3.8) is 0 Å². The van der Waals surface area contributed by atoms with Gasteiger partial charge in [0.2, 0.25) is 5.91 Å². The molecule has 0 aromatic carbocycles. The molecule has 1 aromatic heterocycles. The van der Waals surface area contributed by atoms with E-state index in [1.165, 1.54) is 5.69 Å². The fourth-order valence-corrected chi connectivity index (χ4v) is 3.99. The number of nitrogens with zero attached hydrogens (tertiary/aromatic N) is 5. The standard InChI is InChI=1S/C23H39N7O2/c1-28(2)22(31)19-27-23(25-8-3-11-29-14-16-32-17-15-29)26-18-20-6-12-30(13-7-20)21-4-9-24-10-5-21/h4-5,9-10,20H,3,6-8,11-19H2,1-2H3,(H2,25,26,27). The van der Waals surface area contributed by atoms with Crippen LogP contribution < -0.4 is 15.5 Å². The number of hydrogen-bond donors (Lipinski definition) is 2. The van der Waals surface area contributed by atoms with Gasteiger partial charge in [-0.3, -0.25) is 14.7 Å². The number of likely N-dealkylation sites (N-methyl/N-ethyl adjacent to an activating group) is 1. The van der Waals surface area contributed by atoms with Crippen molar-refractivity contribution in [2.45, 2.75) is 19.3 Å². The summed E-state index contributed by atoms with van der Waals surface area (Å²) >= 11 is 0. The quantitative estimate of drug-likeness (QED) is 0.328. The maximum Gasteiger partial charge on any atom is 0.243 e. The second kappa shape index (κ2) is 13.2. The molecule has 2 fully saturated rings. The molecule has 2 aliphatic heterocycles. The summed E-state index contributed by atoms with van der Waals surface area (Å²) in [5.41, 5.74) is 1.25. The summed E-state index contributed by atoms with van der Waals surface area (Å²) in [5.74, 6) is 1.34. The van der Waals surface area contributed by atoms with Gasteiger partial charge in [0, 0.05) is 71.4 Å². The van der Waals surface area contributed by atoms with Crippen LogP contribution in [-0.2, 0) is 9.53 Å². The van der Waals surface area contributed by atoms with Gasteiger partial charge in [-0.25, -0.2) is 4.99 Å². The van der Waals surface area contributed by atoms with Crippen LogP contribution in [0.15, 0.2) is 29.5 Å². The van der Waals surface area contributed by atoms with Gasteiger partial charge < -0.3 is 25.2 Å². The van der Waals surface area contributed by atoms with Crippen LogP contribution in [-0.4, -0.2) is 106 Å². The number of rotatable bonds is 9. The number of nitrogens with one attached hydrogen (secondary N) is 2. The first-order valence-electron chi connectivity index (χ1n) is 11.8. The molecule has 0 saturated carbocycles.